The third-order valence-corrected chi connectivity index (χ3v) is 5.16. The van der Waals surface area contributed by atoms with E-state index >= 15 is 0 Å². The van der Waals surface area contributed by atoms with Crippen LogP contribution in [0.5, 0.6) is 5.75 Å². The van der Waals surface area contributed by atoms with E-state index in [1.807, 2.05) is 42.8 Å². The molecule has 9 nitrogen and oxygen atoms in total. The van der Waals surface area contributed by atoms with Gasteiger partial charge in [0.25, 0.3) is 0 Å². The van der Waals surface area contributed by atoms with Gasteiger partial charge in [-0.1, -0.05) is 30.9 Å². The number of nitrogens with zero attached hydrogens (tertiary/aromatic N) is 5. The van der Waals surface area contributed by atoms with Gasteiger partial charge in [0, 0.05) is 38.8 Å². The summed E-state index contributed by atoms with van der Waals surface area (Å²) in [4.78, 5) is 7.17. The fraction of sp³-hybridized carbons (Fsp3) is 0.500. The average Bonchev–Trinajstić information content (AvgIpc) is 3.12. The molecule has 0 atom stereocenters. The molecule has 1 saturated heterocycles. The van der Waals surface area contributed by atoms with Gasteiger partial charge in [0.05, 0.1) is 26.3 Å². The summed E-state index contributed by atoms with van der Waals surface area (Å²) in [5.41, 5.74) is 1.02. The van der Waals surface area contributed by atoms with Crippen LogP contribution in [0.3, 0.4) is 0 Å². The molecule has 2 aromatic rings. The van der Waals surface area contributed by atoms with Gasteiger partial charge in [-0.2, -0.15) is 0 Å². The van der Waals surface area contributed by atoms with Crippen LogP contribution in [0.1, 0.15) is 17.2 Å². The number of ether oxygens (including phenoxy) is 2. The van der Waals surface area contributed by atoms with Gasteiger partial charge in [-0.3, -0.25) is 4.90 Å². The van der Waals surface area contributed by atoms with E-state index < -0.39 is 0 Å². The molecule has 1 aliphatic heterocycles. The van der Waals surface area contributed by atoms with Gasteiger partial charge in [0.1, 0.15) is 18.2 Å². The third kappa shape index (κ3) is 8.06. The molecule has 1 fully saturated rings. The molecule has 3 rings (SSSR count). The predicted molar refractivity (Wildman–Crippen MR) is 137 cm³/mol. The lowest BCUT2D eigenvalue weighted by Gasteiger charge is -2.26. The first-order chi connectivity index (χ1) is 15.2. The van der Waals surface area contributed by atoms with Crippen molar-refractivity contribution in [2.24, 2.45) is 12.0 Å². The van der Waals surface area contributed by atoms with Crippen molar-refractivity contribution in [1.82, 2.24) is 30.3 Å². The minimum Gasteiger partial charge on any atom is -0.489 e. The number of morpholine rings is 1. The van der Waals surface area contributed by atoms with Crippen LogP contribution in [0.2, 0.25) is 0 Å². The average molecular weight is 555 g/mol. The Kier molecular flexibility index (Phi) is 11.5. The molecular weight excluding hydrogens is 521 g/mol. The Hall–Kier alpha value is -2.18. The van der Waals surface area contributed by atoms with E-state index in [0.717, 1.165) is 68.3 Å². The number of guanidine groups is 1. The SMILES string of the molecule is C=CCOc1ccccc1CN=C(NCCN1CCOCC1)NCc1nnc(C)n1C.I. The standard InChI is InChI=1S/C22H33N7O2.HI/c1-4-13-31-20-8-6-5-7-19(20)16-24-22(23-9-10-29-11-14-30-15-12-29)25-17-21-27-26-18(2)28(21)3;/h4-8H,1,9-17H2,2-3H3,(H2,23,24,25);1H. The topological polar surface area (TPSA) is 88.8 Å². The minimum atomic E-state index is 0. The summed E-state index contributed by atoms with van der Waals surface area (Å²) in [7, 11) is 1.96. The lowest BCUT2D eigenvalue weighted by molar-refractivity contribution is 0.0389. The van der Waals surface area contributed by atoms with Crippen LogP contribution in [-0.2, 0) is 24.9 Å². The van der Waals surface area contributed by atoms with Gasteiger partial charge < -0.3 is 24.7 Å². The van der Waals surface area contributed by atoms with Crippen molar-refractivity contribution in [3.8, 4) is 5.75 Å². The molecule has 1 aromatic heterocycles. The van der Waals surface area contributed by atoms with Crippen LogP contribution >= 0.6 is 24.0 Å². The summed E-state index contributed by atoms with van der Waals surface area (Å²) in [5, 5.41) is 15.2. The summed E-state index contributed by atoms with van der Waals surface area (Å²) in [5.74, 6) is 3.29. The molecule has 0 bridgehead atoms. The number of aliphatic imine (C=N–C) groups is 1. The molecule has 32 heavy (non-hydrogen) atoms. The van der Waals surface area contributed by atoms with Crippen molar-refractivity contribution >= 4 is 29.9 Å². The van der Waals surface area contributed by atoms with Crippen molar-refractivity contribution < 1.29 is 9.47 Å². The predicted octanol–water partition coefficient (Wildman–Crippen LogP) is 1.87. The minimum absolute atomic E-state index is 0. The number of hydrogen-bond acceptors (Lipinski definition) is 6. The van der Waals surface area contributed by atoms with Crippen LogP contribution < -0.4 is 15.4 Å². The summed E-state index contributed by atoms with van der Waals surface area (Å²) in [6.07, 6.45) is 1.74. The number of para-hydroxylation sites is 1. The smallest absolute Gasteiger partial charge is 0.192 e. The lowest BCUT2D eigenvalue weighted by Crippen LogP contribution is -2.44. The highest BCUT2D eigenvalue weighted by molar-refractivity contribution is 14.0. The molecule has 0 radical (unpaired) electrons. The molecule has 2 heterocycles. The van der Waals surface area contributed by atoms with Crippen molar-refractivity contribution in [2.75, 3.05) is 46.0 Å². The third-order valence-electron chi connectivity index (χ3n) is 5.16. The maximum Gasteiger partial charge on any atom is 0.192 e. The van der Waals surface area contributed by atoms with E-state index in [0.29, 0.717) is 19.7 Å². The summed E-state index contributed by atoms with van der Waals surface area (Å²) >= 11 is 0. The number of aromatic nitrogens is 3. The number of rotatable bonds is 10. The van der Waals surface area contributed by atoms with E-state index in [4.69, 9.17) is 14.5 Å². The highest BCUT2D eigenvalue weighted by Crippen LogP contribution is 2.18. The van der Waals surface area contributed by atoms with Gasteiger partial charge in [0.2, 0.25) is 0 Å². The van der Waals surface area contributed by atoms with E-state index in [9.17, 15) is 0 Å². The van der Waals surface area contributed by atoms with E-state index in [1.54, 1.807) is 6.08 Å². The first kappa shape index (κ1) is 26.1. The molecular formula is C22H34IN7O2. The first-order valence-electron chi connectivity index (χ1n) is 10.7. The Morgan fingerprint density at radius 1 is 1.25 bits per heavy atom. The second kappa shape index (κ2) is 14.1. The van der Waals surface area contributed by atoms with E-state index in [2.05, 4.69) is 32.3 Å². The number of halogens is 1. The first-order valence-corrected chi connectivity index (χ1v) is 10.7. The van der Waals surface area contributed by atoms with Crippen LogP contribution in [0.25, 0.3) is 0 Å². The zero-order valence-corrected chi connectivity index (χ0v) is 21.2. The van der Waals surface area contributed by atoms with Gasteiger partial charge >= 0.3 is 0 Å². The summed E-state index contributed by atoms with van der Waals surface area (Å²) in [6.45, 7) is 12.4. The van der Waals surface area contributed by atoms with Gasteiger partial charge in [0.15, 0.2) is 11.8 Å². The molecule has 10 heteroatoms. The van der Waals surface area contributed by atoms with E-state index in [-0.39, 0.29) is 24.0 Å². The highest BCUT2D eigenvalue weighted by Gasteiger charge is 2.11. The van der Waals surface area contributed by atoms with Crippen molar-refractivity contribution in [3.63, 3.8) is 0 Å². The maximum atomic E-state index is 5.76. The van der Waals surface area contributed by atoms with Crippen molar-refractivity contribution in [3.05, 3.63) is 54.1 Å². The van der Waals surface area contributed by atoms with Crippen LogP contribution in [0, 0.1) is 6.92 Å². The Bertz CT molecular complexity index is 866. The normalized spacial score (nSPS) is 14.5. The Morgan fingerprint density at radius 3 is 2.75 bits per heavy atom. The quantitative estimate of drug-likeness (QED) is 0.200. The molecule has 0 aliphatic carbocycles. The Morgan fingerprint density at radius 2 is 2.03 bits per heavy atom. The maximum absolute atomic E-state index is 5.76. The summed E-state index contributed by atoms with van der Waals surface area (Å²) < 4.78 is 13.2. The van der Waals surface area contributed by atoms with Crippen LogP contribution in [0.15, 0.2) is 41.9 Å². The van der Waals surface area contributed by atoms with Gasteiger partial charge in [-0.25, -0.2) is 4.99 Å². The van der Waals surface area contributed by atoms with Gasteiger partial charge in [-0.15, -0.1) is 34.2 Å². The summed E-state index contributed by atoms with van der Waals surface area (Å²) in [6, 6.07) is 7.93. The lowest BCUT2D eigenvalue weighted by atomic mass is 10.2. The largest absolute Gasteiger partial charge is 0.489 e. The molecule has 0 saturated carbocycles. The Labute approximate surface area is 207 Å². The van der Waals surface area contributed by atoms with Crippen molar-refractivity contribution in [2.45, 2.75) is 20.0 Å². The number of aryl methyl sites for hydroxylation is 1. The molecule has 1 aliphatic rings. The molecule has 0 unspecified atom stereocenters. The monoisotopic (exact) mass is 555 g/mol. The second-order valence-electron chi connectivity index (χ2n) is 7.33. The fourth-order valence-electron chi connectivity index (χ4n) is 3.19. The zero-order valence-electron chi connectivity index (χ0n) is 18.9. The Balaban J connectivity index is 0.00000363. The van der Waals surface area contributed by atoms with Crippen molar-refractivity contribution in [1.29, 1.82) is 0 Å². The number of hydrogen-bond donors (Lipinski definition) is 2. The van der Waals surface area contributed by atoms with Gasteiger partial charge in [-0.05, 0) is 13.0 Å². The van der Waals surface area contributed by atoms with E-state index in [1.165, 1.54) is 0 Å². The fourth-order valence-corrected chi connectivity index (χ4v) is 3.19. The molecule has 176 valence electrons. The molecule has 1 aromatic carbocycles. The highest BCUT2D eigenvalue weighted by atomic mass is 127. The molecule has 2 N–H and O–H groups in total. The zero-order chi connectivity index (χ0) is 21.9. The molecule has 0 spiro atoms. The number of nitrogens with one attached hydrogen (secondary N) is 2. The van der Waals surface area contributed by atoms with Crippen LogP contribution in [-0.4, -0.2) is 71.6 Å². The van der Waals surface area contributed by atoms with Crippen LogP contribution in [0.4, 0.5) is 0 Å². The second-order valence-corrected chi connectivity index (χ2v) is 7.33. The number of benzene rings is 1. The molecule has 0 amide bonds.